The van der Waals surface area contributed by atoms with Crippen molar-refractivity contribution in [3.63, 3.8) is 0 Å². The van der Waals surface area contributed by atoms with Gasteiger partial charge in [0, 0.05) is 6.42 Å². The number of rotatable bonds is 7. The van der Waals surface area contributed by atoms with Crippen LogP contribution in [0.15, 0.2) is 18.2 Å². The third kappa shape index (κ3) is 3.77. The summed E-state index contributed by atoms with van der Waals surface area (Å²) in [6.07, 6.45) is 2.32. The molecule has 17 heavy (non-hydrogen) atoms. The van der Waals surface area contributed by atoms with Crippen LogP contribution in [0.4, 0.5) is 0 Å². The summed E-state index contributed by atoms with van der Waals surface area (Å²) in [5.74, 6) is 1.45. The molecule has 0 unspecified atom stereocenters. The number of benzene rings is 1. The van der Waals surface area contributed by atoms with E-state index in [2.05, 4.69) is 0 Å². The lowest BCUT2D eigenvalue weighted by Crippen LogP contribution is -2.03. The van der Waals surface area contributed by atoms with Crippen molar-refractivity contribution in [3.8, 4) is 11.5 Å². The van der Waals surface area contributed by atoms with Crippen molar-refractivity contribution in [2.24, 2.45) is 0 Å². The van der Waals surface area contributed by atoms with Crippen LogP contribution in [0.3, 0.4) is 0 Å². The molecule has 94 valence electrons. The summed E-state index contributed by atoms with van der Waals surface area (Å²) in [5, 5.41) is 0. The van der Waals surface area contributed by atoms with E-state index in [4.69, 9.17) is 9.47 Å². The van der Waals surface area contributed by atoms with E-state index in [0.717, 1.165) is 18.6 Å². The Morgan fingerprint density at radius 2 is 2.00 bits per heavy atom. The van der Waals surface area contributed by atoms with Crippen molar-refractivity contribution in [3.05, 3.63) is 23.8 Å². The fourth-order valence-electron chi connectivity index (χ4n) is 1.58. The molecule has 1 aromatic carbocycles. The molecular formula is C14H20O3. The number of hydrogen-bond donors (Lipinski definition) is 0. The maximum Gasteiger partial charge on any atom is 0.166 e. The Hall–Kier alpha value is -1.51. The molecule has 0 atom stereocenters. The number of hydrogen-bond acceptors (Lipinski definition) is 3. The molecule has 3 nitrogen and oxygen atoms in total. The smallest absolute Gasteiger partial charge is 0.166 e. The van der Waals surface area contributed by atoms with Crippen LogP contribution in [0.1, 0.15) is 43.5 Å². The third-order valence-electron chi connectivity index (χ3n) is 2.42. The lowest BCUT2D eigenvalue weighted by molar-refractivity contribution is 0.0978. The van der Waals surface area contributed by atoms with Gasteiger partial charge >= 0.3 is 0 Å². The Labute approximate surface area is 103 Å². The Morgan fingerprint density at radius 3 is 2.59 bits per heavy atom. The van der Waals surface area contributed by atoms with Crippen molar-refractivity contribution >= 4 is 5.78 Å². The van der Waals surface area contributed by atoms with Crippen molar-refractivity contribution in [1.29, 1.82) is 0 Å². The van der Waals surface area contributed by atoms with Crippen molar-refractivity contribution in [1.82, 2.24) is 0 Å². The molecule has 0 aliphatic carbocycles. The van der Waals surface area contributed by atoms with Crippen LogP contribution in [0.5, 0.6) is 11.5 Å². The Morgan fingerprint density at radius 1 is 1.24 bits per heavy atom. The van der Waals surface area contributed by atoms with Gasteiger partial charge in [0.25, 0.3) is 0 Å². The average Bonchev–Trinajstić information content (AvgIpc) is 2.36. The number of ketones is 1. The molecule has 0 bridgehead atoms. The minimum absolute atomic E-state index is 0.103. The summed E-state index contributed by atoms with van der Waals surface area (Å²) in [7, 11) is 1.57. The average molecular weight is 236 g/mol. The summed E-state index contributed by atoms with van der Waals surface area (Å²) >= 11 is 0. The topological polar surface area (TPSA) is 35.5 Å². The molecule has 1 rings (SSSR count). The summed E-state index contributed by atoms with van der Waals surface area (Å²) in [4.78, 5) is 11.9. The van der Waals surface area contributed by atoms with Gasteiger partial charge in [-0.3, -0.25) is 4.79 Å². The maximum atomic E-state index is 11.9. The van der Waals surface area contributed by atoms with E-state index in [1.165, 1.54) is 0 Å². The van der Waals surface area contributed by atoms with Crippen LogP contribution in [0, 0.1) is 0 Å². The number of carbonyl (C=O) groups excluding carboxylic acids is 1. The van der Waals surface area contributed by atoms with Crippen LogP contribution in [-0.2, 0) is 0 Å². The summed E-state index contributed by atoms with van der Waals surface area (Å²) in [5.41, 5.74) is 0.614. The lowest BCUT2D eigenvalue weighted by atomic mass is 10.1. The van der Waals surface area contributed by atoms with Crippen molar-refractivity contribution in [2.75, 3.05) is 13.7 Å². The van der Waals surface area contributed by atoms with E-state index < -0.39 is 0 Å². The van der Waals surface area contributed by atoms with E-state index >= 15 is 0 Å². The number of Topliss-reactive ketones (excluding diaryl/α,β-unsaturated/α-hetero) is 1. The highest BCUT2D eigenvalue weighted by atomic mass is 16.5. The van der Waals surface area contributed by atoms with Crippen LogP contribution in [0.25, 0.3) is 0 Å². The van der Waals surface area contributed by atoms with E-state index in [0.29, 0.717) is 24.3 Å². The van der Waals surface area contributed by atoms with Gasteiger partial charge in [0.1, 0.15) is 11.5 Å². The SMILES string of the molecule is CCCOc1ccc(OC)c(C(=O)CCC)c1. The number of methoxy groups -OCH3 is 1. The van der Waals surface area contributed by atoms with E-state index in [9.17, 15) is 4.79 Å². The van der Waals surface area contributed by atoms with Gasteiger partial charge in [0.2, 0.25) is 0 Å². The molecule has 0 N–H and O–H groups in total. The van der Waals surface area contributed by atoms with Crippen LogP contribution >= 0.6 is 0 Å². The quantitative estimate of drug-likeness (QED) is 0.680. The Balaban J connectivity index is 2.93. The van der Waals surface area contributed by atoms with Crippen molar-refractivity contribution < 1.29 is 14.3 Å². The normalized spacial score (nSPS) is 10.1. The highest BCUT2D eigenvalue weighted by Gasteiger charge is 2.12. The second kappa shape index (κ2) is 6.94. The van der Waals surface area contributed by atoms with Crippen LogP contribution in [-0.4, -0.2) is 19.5 Å². The van der Waals surface area contributed by atoms with E-state index in [1.54, 1.807) is 19.2 Å². The molecule has 0 aliphatic heterocycles. The molecule has 0 fully saturated rings. The monoisotopic (exact) mass is 236 g/mol. The van der Waals surface area contributed by atoms with Gasteiger partial charge in [0.05, 0.1) is 19.3 Å². The van der Waals surface area contributed by atoms with Gasteiger partial charge in [-0.2, -0.15) is 0 Å². The van der Waals surface area contributed by atoms with Crippen LogP contribution < -0.4 is 9.47 Å². The predicted octanol–water partition coefficient (Wildman–Crippen LogP) is 3.47. The van der Waals surface area contributed by atoms with Gasteiger partial charge in [-0.15, -0.1) is 0 Å². The van der Waals surface area contributed by atoms with Gasteiger partial charge in [-0.05, 0) is 31.0 Å². The molecule has 1 aromatic rings. The predicted molar refractivity (Wildman–Crippen MR) is 68.0 cm³/mol. The summed E-state index contributed by atoms with van der Waals surface area (Å²) in [6.45, 7) is 4.70. The highest BCUT2D eigenvalue weighted by Crippen LogP contribution is 2.25. The molecule has 0 saturated carbocycles. The van der Waals surface area contributed by atoms with Crippen LogP contribution in [0.2, 0.25) is 0 Å². The molecule has 0 aromatic heterocycles. The van der Waals surface area contributed by atoms with Gasteiger partial charge in [-0.25, -0.2) is 0 Å². The van der Waals surface area contributed by atoms with Gasteiger partial charge in [0.15, 0.2) is 5.78 Å². The fraction of sp³-hybridized carbons (Fsp3) is 0.500. The maximum absolute atomic E-state index is 11.9. The molecule has 0 heterocycles. The van der Waals surface area contributed by atoms with E-state index in [1.807, 2.05) is 19.9 Å². The molecule has 0 radical (unpaired) electrons. The fourth-order valence-corrected chi connectivity index (χ4v) is 1.58. The number of ether oxygens (including phenoxy) is 2. The lowest BCUT2D eigenvalue weighted by Gasteiger charge is -2.10. The van der Waals surface area contributed by atoms with Gasteiger partial charge < -0.3 is 9.47 Å². The van der Waals surface area contributed by atoms with Crippen molar-refractivity contribution in [2.45, 2.75) is 33.1 Å². The standard InChI is InChI=1S/C14H20O3/c1-4-6-13(15)12-10-11(17-9-5-2)7-8-14(12)16-3/h7-8,10H,4-6,9H2,1-3H3. The minimum atomic E-state index is 0.103. The third-order valence-corrected chi connectivity index (χ3v) is 2.42. The first-order chi connectivity index (χ1) is 8.22. The zero-order chi connectivity index (χ0) is 12.7. The summed E-state index contributed by atoms with van der Waals surface area (Å²) < 4.78 is 10.7. The first-order valence-electron chi connectivity index (χ1n) is 6.07. The zero-order valence-corrected chi connectivity index (χ0v) is 10.8. The molecule has 0 amide bonds. The molecule has 0 spiro atoms. The second-order valence-electron chi connectivity index (χ2n) is 3.88. The zero-order valence-electron chi connectivity index (χ0n) is 10.8. The largest absolute Gasteiger partial charge is 0.496 e. The first kappa shape index (κ1) is 13.6. The summed E-state index contributed by atoms with van der Waals surface area (Å²) in [6, 6.07) is 5.39. The van der Waals surface area contributed by atoms with Gasteiger partial charge in [-0.1, -0.05) is 13.8 Å². The molecule has 0 saturated heterocycles. The number of carbonyl (C=O) groups is 1. The first-order valence-corrected chi connectivity index (χ1v) is 6.07. The van der Waals surface area contributed by atoms with E-state index in [-0.39, 0.29) is 5.78 Å². The second-order valence-corrected chi connectivity index (χ2v) is 3.88. The molecule has 0 aliphatic rings. The molecular weight excluding hydrogens is 216 g/mol. The Bertz CT molecular complexity index is 372. The molecule has 3 heteroatoms. The minimum Gasteiger partial charge on any atom is -0.496 e. The highest BCUT2D eigenvalue weighted by molar-refractivity contribution is 5.99. The Kier molecular flexibility index (Phi) is 5.53.